The summed E-state index contributed by atoms with van der Waals surface area (Å²) in [5, 5.41) is 6.04. The van der Waals surface area contributed by atoms with E-state index in [1.165, 1.54) is 4.90 Å². The van der Waals surface area contributed by atoms with Crippen molar-refractivity contribution in [3.05, 3.63) is 113 Å². The molecule has 0 spiro atoms. The topological polar surface area (TPSA) is 87.7 Å². The van der Waals surface area contributed by atoms with Crippen LogP contribution in [0.5, 0.6) is 0 Å². The summed E-state index contributed by atoms with van der Waals surface area (Å²) in [5.74, 6) is -0.914. The number of ether oxygens (including phenoxy) is 1. The molecule has 0 aliphatic rings. The van der Waals surface area contributed by atoms with Crippen molar-refractivity contribution in [1.29, 1.82) is 0 Å². The summed E-state index contributed by atoms with van der Waals surface area (Å²) in [5.41, 5.74) is 1.92. The van der Waals surface area contributed by atoms with E-state index in [-0.39, 0.29) is 13.0 Å². The zero-order chi connectivity index (χ0) is 29.3. The lowest BCUT2D eigenvalue weighted by Crippen LogP contribution is -2.53. The van der Waals surface area contributed by atoms with Crippen LogP contribution in [0.3, 0.4) is 0 Å². The van der Waals surface area contributed by atoms with Crippen LogP contribution < -0.4 is 10.6 Å². The number of nitrogens with one attached hydrogen (secondary N) is 2. The lowest BCUT2D eigenvalue weighted by molar-refractivity contribution is -0.140. The Kier molecular flexibility index (Phi) is 10.5. The molecule has 2 atom stereocenters. The molecule has 0 aromatic heterocycles. The molecular weight excluding hydrogens is 526 g/mol. The van der Waals surface area contributed by atoms with Gasteiger partial charge in [0.25, 0.3) is 5.91 Å². The maximum absolute atomic E-state index is 14.2. The fourth-order valence-electron chi connectivity index (χ4n) is 4.25. The highest BCUT2D eigenvalue weighted by atomic mass is 35.5. The molecule has 210 valence electrons. The zero-order valence-corrected chi connectivity index (χ0v) is 24.1. The second-order valence-corrected chi connectivity index (χ2v) is 10.8. The van der Waals surface area contributed by atoms with Crippen molar-refractivity contribution in [2.24, 2.45) is 0 Å². The van der Waals surface area contributed by atoms with Gasteiger partial charge >= 0.3 is 6.09 Å². The van der Waals surface area contributed by atoms with Crippen molar-refractivity contribution in [3.8, 4) is 0 Å². The molecule has 0 bridgehead atoms. The quantitative estimate of drug-likeness (QED) is 0.277. The van der Waals surface area contributed by atoms with Crippen molar-refractivity contribution in [3.63, 3.8) is 0 Å². The molecule has 8 heteroatoms. The van der Waals surface area contributed by atoms with Crippen LogP contribution in [0.25, 0.3) is 0 Å². The van der Waals surface area contributed by atoms with Gasteiger partial charge in [-0.1, -0.05) is 90.5 Å². The third-order valence-corrected chi connectivity index (χ3v) is 6.34. The predicted octanol–water partition coefficient (Wildman–Crippen LogP) is 6.48. The van der Waals surface area contributed by atoms with E-state index < -0.39 is 35.6 Å². The summed E-state index contributed by atoms with van der Waals surface area (Å²) in [6, 6.07) is 21.6. The number of halogens is 1. The second-order valence-electron chi connectivity index (χ2n) is 10.4. The number of carbonyl (C=O) groups is 3. The molecule has 3 amide bonds. The Labute approximate surface area is 241 Å². The SMILES string of the molecule is C=CCN(C(=O)C(Cc1ccccc1)NC(=O)OC(C)(C)C)C(C(=O)Nc1c(C)cccc1Cl)c1ccccc1. The fourth-order valence-corrected chi connectivity index (χ4v) is 4.52. The van der Waals surface area contributed by atoms with Crippen molar-refractivity contribution >= 4 is 35.2 Å². The minimum absolute atomic E-state index is 0.0502. The van der Waals surface area contributed by atoms with Gasteiger partial charge in [-0.15, -0.1) is 6.58 Å². The van der Waals surface area contributed by atoms with Gasteiger partial charge < -0.3 is 20.3 Å². The Balaban J connectivity index is 2.03. The number of carbonyl (C=O) groups excluding carboxylic acids is 3. The Morgan fingerprint density at radius 2 is 1.60 bits per heavy atom. The van der Waals surface area contributed by atoms with Gasteiger partial charge in [0, 0.05) is 13.0 Å². The number of rotatable bonds is 10. The van der Waals surface area contributed by atoms with Crippen LogP contribution in [-0.2, 0) is 20.7 Å². The number of benzene rings is 3. The normalized spacial score (nSPS) is 12.5. The van der Waals surface area contributed by atoms with Gasteiger partial charge in [0.2, 0.25) is 5.91 Å². The number of anilines is 1. The highest BCUT2D eigenvalue weighted by Crippen LogP contribution is 2.29. The molecule has 3 aromatic rings. The average Bonchev–Trinajstić information content (AvgIpc) is 2.90. The molecule has 0 aliphatic heterocycles. The Hall–Kier alpha value is -4.10. The first-order valence-electron chi connectivity index (χ1n) is 13.1. The molecule has 40 heavy (non-hydrogen) atoms. The van der Waals surface area contributed by atoms with Gasteiger partial charge in [0.05, 0.1) is 10.7 Å². The minimum Gasteiger partial charge on any atom is -0.444 e. The van der Waals surface area contributed by atoms with Crippen LogP contribution in [0.2, 0.25) is 5.02 Å². The third kappa shape index (κ3) is 8.45. The molecule has 0 radical (unpaired) electrons. The van der Waals surface area contributed by atoms with Gasteiger partial charge in [-0.25, -0.2) is 4.79 Å². The van der Waals surface area contributed by atoms with Crippen LogP contribution in [-0.4, -0.2) is 41.0 Å². The fraction of sp³-hybridized carbons (Fsp3) is 0.281. The highest BCUT2D eigenvalue weighted by molar-refractivity contribution is 6.34. The van der Waals surface area contributed by atoms with Crippen LogP contribution in [0.1, 0.15) is 43.5 Å². The lowest BCUT2D eigenvalue weighted by atomic mass is 10.00. The summed E-state index contributed by atoms with van der Waals surface area (Å²) in [6.45, 7) is 11.0. The molecule has 0 saturated heterocycles. The molecule has 2 unspecified atom stereocenters. The standard InChI is InChI=1S/C32H36ClN3O4/c1-6-20-36(30(38)26(21-23-15-9-7-10-16-23)34-31(39)40-32(3,4)5)28(24-17-11-8-12-18-24)29(37)35-27-22(2)14-13-19-25(27)33/h6-19,26,28H,1,20-21H2,2-5H3,(H,34,39)(H,35,37). The van der Waals surface area contributed by atoms with E-state index in [9.17, 15) is 14.4 Å². The zero-order valence-electron chi connectivity index (χ0n) is 23.3. The Bertz CT molecular complexity index is 1300. The van der Waals surface area contributed by atoms with Crippen LogP contribution >= 0.6 is 11.6 Å². The molecule has 3 rings (SSSR count). The highest BCUT2D eigenvalue weighted by Gasteiger charge is 2.36. The summed E-state index contributed by atoms with van der Waals surface area (Å²) in [4.78, 5) is 42.4. The van der Waals surface area contributed by atoms with E-state index >= 15 is 0 Å². The van der Waals surface area contributed by atoms with Gasteiger partial charge in [0.1, 0.15) is 17.7 Å². The molecule has 0 heterocycles. The van der Waals surface area contributed by atoms with Crippen LogP contribution in [0.15, 0.2) is 91.5 Å². The number of alkyl carbamates (subject to hydrolysis) is 1. The first-order valence-corrected chi connectivity index (χ1v) is 13.4. The molecule has 0 aliphatic carbocycles. The smallest absolute Gasteiger partial charge is 0.408 e. The summed E-state index contributed by atoms with van der Waals surface area (Å²) < 4.78 is 5.46. The van der Waals surface area contributed by atoms with Gasteiger partial charge in [0.15, 0.2) is 0 Å². The minimum atomic E-state index is -1.04. The summed E-state index contributed by atoms with van der Waals surface area (Å²) >= 11 is 6.41. The first-order chi connectivity index (χ1) is 19.0. The van der Waals surface area contributed by atoms with Gasteiger partial charge in [-0.3, -0.25) is 9.59 Å². The molecule has 7 nitrogen and oxygen atoms in total. The van der Waals surface area contributed by atoms with E-state index in [0.717, 1.165) is 11.1 Å². The number of hydrogen-bond acceptors (Lipinski definition) is 4. The van der Waals surface area contributed by atoms with E-state index in [1.807, 2.05) is 49.4 Å². The lowest BCUT2D eigenvalue weighted by Gasteiger charge is -2.34. The van der Waals surface area contributed by atoms with E-state index in [0.29, 0.717) is 16.3 Å². The Morgan fingerprint density at radius 3 is 2.17 bits per heavy atom. The average molecular weight is 562 g/mol. The number of nitrogens with zero attached hydrogens (tertiary/aromatic N) is 1. The second kappa shape index (κ2) is 13.8. The van der Waals surface area contributed by atoms with Crippen molar-refractivity contribution in [1.82, 2.24) is 10.2 Å². The number of hydrogen-bond donors (Lipinski definition) is 2. The summed E-state index contributed by atoms with van der Waals surface area (Å²) in [6.07, 6.45) is 1.02. The molecule has 0 fully saturated rings. The Morgan fingerprint density at radius 1 is 0.975 bits per heavy atom. The largest absolute Gasteiger partial charge is 0.444 e. The molecular formula is C32H36ClN3O4. The third-order valence-electron chi connectivity index (χ3n) is 6.03. The van der Waals surface area contributed by atoms with E-state index in [2.05, 4.69) is 17.2 Å². The molecule has 2 N–H and O–H groups in total. The summed E-state index contributed by atoms with van der Waals surface area (Å²) in [7, 11) is 0. The van der Waals surface area contributed by atoms with Crippen molar-refractivity contribution in [2.75, 3.05) is 11.9 Å². The predicted molar refractivity (Wildman–Crippen MR) is 159 cm³/mol. The van der Waals surface area contributed by atoms with E-state index in [4.69, 9.17) is 16.3 Å². The maximum atomic E-state index is 14.2. The number of para-hydroxylation sites is 1. The first kappa shape index (κ1) is 30.4. The van der Waals surface area contributed by atoms with Crippen LogP contribution in [0.4, 0.5) is 10.5 Å². The number of amides is 3. The van der Waals surface area contributed by atoms with Crippen molar-refractivity contribution < 1.29 is 19.1 Å². The van der Waals surface area contributed by atoms with Crippen LogP contribution in [0, 0.1) is 6.92 Å². The van der Waals surface area contributed by atoms with E-state index in [1.54, 1.807) is 63.2 Å². The maximum Gasteiger partial charge on any atom is 0.408 e. The van der Waals surface area contributed by atoms with Crippen molar-refractivity contribution in [2.45, 2.75) is 51.8 Å². The molecule has 3 aromatic carbocycles. The molecule has 0 saturated carbocycles. The van der Waals surface area contributed by atoms with Gasteiger partial charge in [-0.05, 0) is 50.5 Å². The van der Waals surface area contributed by atoms with Gasteiger partial charge in [-0.2, -0.15) is 0 Å². The monoisotopic (exact) mass is 561 g/mol. The number of aryl methyl sites for hydroxylation is 1.